The van der Waals surface area contributed by atoms with Crippen molar-refractivity contribution in [3.8, 4) is 0 Å². The fraction of sp³-hybridized carbons (Fsp3) is 0.409. The summed E-state index contributed by atoms with van der Waals surface area (Å²) in [5.41, 5.74) is 2.72. The molecular weight excluding hydrogens is 310 g/mol. The Morgan fingerprint density at radius 1 is 1.12 bits per heavy atom. The summed E-state index contributed by atoms with van der Waals surface area (Å²) in [5, 5.41) is 0. The van der Waals surface area contributed by atoms with E-state index in [1.54, 1.807) is 0 Å². The molecule has 1 saturated heterocycles. The highest BCUT2D eigenvalue weighted by Crippen LogP contribution is 2.43. The van der Waals surface area contributed by atoms with Crippen LogP contribution < -0.4 is 0 Å². The predicted molar refractivity (Wildman–Crippen MR) is 97.9 cm³/mol. The number of ether oxygens (including phenoxy) is 1. The van der Waals surface area contributed by atoms with Gasteiger partial charge in [0, 0.05) is 13.2 Å². The van der Waals surface area contributed by atoms with Gasteiger partial charge in [-0.15, -0.1) is 0 Å². The molecule has 0 bridgehead atoms. The minimum atomic E-state index is -0.824. The van der Waals surface area contributed by atoms with Crippen molar-refractivity contribution in [2.75, 3.05) is 6.61 Å². The van der Waals surface area contributed by atoms with E-state index in [0.717, 1.165) is 31.2 Å². The minimum Gasteiger partial charge on any atom is -0.360 e. The molecule has 2 aliphatic heterocycles. The number of carbonyl (C=O) groups excluding carboxylic acids is 1. The first kappa shape index (κ1) is 16.3. The Balaban J connectivity index is 1.73. The van der Waals surface area contributed by atoms with Gasteiger partial charge in [-0.3, -0.25) is 4.79 Å². The van der Waals surface area contributed by atoms with Gasteiger partial charge in [0.15, 0.2) is 5.60 Å². The van der Waals surface area contributed by atoms with E-state index in [1.165, 1.54) is 11.1 Å². The van der Waals surface area contributed by atoms with E-state index in [2.05, 4.69) is 31.2 Å². The molecule has 2 aromatic rings. The van der Waals surface area contributed by atoms with E-state index >= 15 is 0 Å². The lowest BCUT2D eigenvalue weighted by molar-refractivity contribution is -0.170. The van der Waals surface area contributed by atoms with Gasteiger partial charge >= 0.3 is 0 Å². The Labute approximate surface area is 149 Å². The fourth-order valence-corrected chi connectivity index (χ4v) is 4.37. The number of hydrogen-bond acceptors (Lipinski definition) is 2. The monoisotopic (exact) mass is 335 g/mol. The Bertz CT molecular complexity index is 750. The van der Waals surface area contributed by atoms with Gasteiger partial charge in [0.05, 0.1) is 6.04 Å². The zero-order chi connectivity index (χ0) is 17.3. The lowest BCUT2D eigenvalue weighted by Gasteiger charge is -2.40. The molecule has 0 radical (unpaired) electrons. The normalized spacial score (nSPS) is 25.6. The maximum absolute atomic E-state index is 13.8. The van der Waals surface area contributed by atoms with Crippen molar-refractivity contribution in [3.05, 3.63) is 71.3 Å². The van der Waals surface area contributed by atoms with E-state index in [-0.39, 0.29) is 11.9 Å². The Hall–Kier alpha value is -2.13. The van der Waals surface area contributed by atoms with Crippen LogP contribution in [-0.4, -0.2) is 17.4 Å². The number of benzene rings is 2. The highest BCUT2D eigenvalue weighted by molar-refractivity contribution is 5.87. The van der Waals surface area contributed by atoms with Crippen molar-refractivity contribution in [2.24, 2.45) is 0 Å². The predicted octanol–water partition coefficient (Wildman–Crippen LogP) is 4.58. The highest BCUT2D eigenvalue weighted by atomic mass is 16.5. The molecule has 0 spiro atoms. The van der Waals surface area contributed by atoms with Crippen molar-refractivity contribution in [2.45, 2.75) is 50.8 Å². The first-order valence-electron chi connectivity index (χ1n) is 9.34. The number of hydrogen-bond donors (Lipinski definition) is 0. The zero-order valence-electron chi connectivity index (χ0n) is 14.8. The van der Waals surface area contributed by atoms with Crippen LogP contribution in [-0.2, 0) is 21.7 Å². The number of fused-ring (bicyclic) bond motifs is 1. The number of carbonyl (C=O) groups is 1. The average Bonchev–Trinajstić information content (AvgIpc) is 3.07. The molecule has 0 saturated carbocycles. The van der Waals surface area contributed by atoms with Gasteiger partial charge in [0.2, 0.25) is 0 Å². The second kappa shape index (κ2) is 6.64. The third-order valence-electron chi connectivity index (χ3n) is 5.64. The molecule has 2 atom stereocenters. The molecule has 3 heteroatoms. The number of amides is 1. The fourth-order valence-electron chi connectivity index (χ4n) is 4.37. The third kappa shape index (κ3) is 2.67. The lowest BCUT2D eigenvalue weighted by Crippen LogP contribution is -2.49. The standard InChI is InChI=1S/C22H25NO2/c1-2-20-19-13-7-6-10-17(19)16-23(20)21(24)22(14-8-9-15-25-22)18-11-4-3-5-12-18/h3-7,10-13,20H,2,8-9,14-16H2,1H3. The summed E-state index contributed by atoms with van der Waals surface area (Å²) in [6.45, 7) is 3.49. The summed E-state index contributed by atoms with van der Waals surface area (Å²) in [6, 6.07) is 18.6. The molecule has 2 aromatic carbocycles. The van der Waals surface area contributed by atoms with Gasteiger partial charge in [0.25, 0.3) is 5.91 Å². The molecule has 2 unspecified atom stereocenters. The van der Waals surface area contributed by atoms with Crippen LogP contribution in [0.4, 0.5) is 0 Å². The Morgan fingerprint density at radius 3 is 2.60 bits per heavy atom. The molecule has 0 N–H and O–H groups in total. The summed E-state index contributed by atoms with van der Waals surface area (Å²) in [7, 11) is 0. The Morgan fingerprint density at radius 2 is 1.88 bits per heavy atom. The van der Waals surface area contributed by atoms with Crippen molar-refractivity contribution in [1.82, 2.24) is 4.90 Å². The summed E-state index contributed by atoms with van der Waals surface area (Å²) < 4.78 is 6.23. The molecular formula is C22H25NO2. The second-order valence-electron chi connectivity index (χ2n) is 7.05. The first-order valence-corrected chi connectivity index (χ1v) is 9.34. The van der Waals surface area contributed by atoms with Crippen LogP contribution in [0.25, 0.3) is 0 Å². The first-order chi connectivity index (χ1) is 12.3. The van der Waals surface area contributed by atoms with Gasteiger partial charge in [-0.2, -0.15) is 0 Å². The Kier molecular flexibility index (Phi) is 4.34. The summed E-state index contributed by atoms with van der Waals surface area (Å²) in [6.07, 6.45) is 3.74. The molecule has 130 valence electrons. The van der Waals surface area contributed by atoms with Crippen molar-refractivity contribution in [3.63, 3.8) is 0 Å². The SMILES string of the molecule is CCC1c2ccccc2CN1C(=O)C1(c2ccccc2)CCCCO1. The molecule has 0 aromatic heterocycles. The third-order valence-corrected chi connectivity index (χ3v) is 5.64. The van der Waals surface area contributed by atoms with Gasteiger partial charge in [0.1, 0.15) is 0 Å². The van der Waals surface area contributed by atoms with Gasteiger partial charge < -0.3 is 9.64 Å². The minimum absolute atomic E-state index is 0.126. The van der Waals surface area contributed by atoms with Crippen LogP contribution >= 0.6 is 0 Å². The largest absolute Gasteiger partial charge is 0.360 e. The molecule has 2 aliphatic rings. The maximum atomic E-state index is 13.8. The van der Waals surface area contributed by atoms with Gasteiger partial charge in [-0.05, 0) is 42.4 Å². The quantitative estimate of drug-likeness (QED) is 0.822. The second-order valence-corrected chi connectivity index (χ2v) is 7.05. The molecule has 1 amide bonds. The van der Waals surface area contributed by atoms with E-state index < -0.39 is 5.60 Å². The van der Waals surface area contributed by atoms with Crippen LogP contribution in [0.5, 0.6) is 0 Å². The van der Waals surface area contributed by atoms with Crippen LogP contribution in [0.3, 0.4) is 0 Å². The van der Waals surface area contributed by atoms with E-state index in [0.29, 0.717) is 13.2 Å². The summed E-state index contributed by atoms with van der Waals surface area (Å²) in [4.78, 5) is 15.8. The highest BCUT2D eigenvalue weighted by Gasteiger charge is 2.48. The molecule has 2 heterocycles. The zero-order valence-corrected chi connectivity index (χ0v) is 14.8. The van der Waals surface area contributed by atoms with Gasteiger partial charge in [-0.1, -0.05) is 61.5 Å². The summed E-state index contributed by atoms with van der Waals surface area (Å²) >= 11 is 0. The van der Waals surface area contributed by atoms with Crippen molar-refractivity contribution < 1.29 is 9.53 Å². The van der Waals surface area contributed by atoms with Crippen LogP contribution in [0.15, 0.2) is 54.6 Å². The van der Waals surface area contributed by atoms with Crippen molar-refractivity contribution >= 4 is 5.91 Å². The van der Waals surface area contributed by atoms with E-state index in [1.807, 2.05) is 35.2 Å². The molecule has 1 fully saturated rings. The molecule has 4 rings (SSSR count). The smallest absolute Gasteiger partial charge is 0.260 e. The van der Waals surface area contributed by atoms with Crippen LogP contribution in [0.1, 0.15) is 55.3 Å². The maximum Gasteiger partial charge on any atom is 0.260 e. The average molecular weight is 335 g/mol. The molecule has 25 heavy (non-hydrogen) atoms. The van der Waals surface area contributed by atoms with Gasteiger partial charge in [-0.25, -0.2) is 0 Å². The van der Waals surface area contributed by atoms with Crippen LogP contribution in [0.2, 0.25) is 0 Å². The number of rotatable bonds is 3. The lowest BCUT2D eigenvalue weighted by atomic mass is 9.84. The van der Waals surface area contributed by atoms with Crippen LogP contribution in [0, 0.1) is 0 Å². The molecule has 3 nitrogen and oxygen atoms in total. The summed E-state index contributed by atoms with van der Waals surface area (Å²) in [5.74, 6) is 0.126. The number of nitrogens with zero attached hydrogens (tertiary/aromatic N) is 1. The van der Waals surface area contributed by atoms with E-state index in [9.17, 15) is 4.79 Å². The topological polar surface area (TPSA) is 29.5 Å². The van der Waals surface area contributed by atoms with E-state index in [4.69, 9.17) is 4.74 Å². The van der Waals surface area contributed by atoms with Crippen molar-refractivity contribution in [1.29, 1.82) is 0 Å². The molecule has 0 aliphatic carbocycles.